The fraction of sp³-hybridized carbons (Fsp3) is 0.353. The van der Waals surface area contributed by atoms with E-state index in [1.54, 1.807) is 6.20 Å². The van der Waals surface area contributed by atoms with Gasteiger partial charge in [0.2, 0.25) is 0 Å². The Morgan fingerprint density at radius 3 is 2.48 bits per heavy atom. The third-order valence-electron chi connectivity index (χ3n) is 3.28. The average Bonchev–Trinajstić information content (AvgIpc) is 2.54. The molecule has 1 aromatic carbocycles. The van der Waals surface area contributed by atoms with Crippen LogP contribution in [0.4, 0.5) is 11.5 Å². The Balaban J connectivity index is 1.86. The smallest absolute Gasteiger partial charge is 0.275 e. The fourth-order valence-electron chi connectivity index (χ4n) is 1.98. The van der Waals surface area contributed by atoms with Gasteiger partial charge in [0.1, 0.15) is 11.5 Å². The number of rotatable bonds is 7. The maximum absolute atomic E-state index is 12.1. The second kappa shape index (κ2) is 8.24. The van der Waals surface area contributed by atoms with E-state index in [-0.39, 0.29) is 5.91 Å². The Morgan fingerprint density at radius 1 is 1.13 bits per heavy atom. The molecule has 6 nitrogen and oxygen atoms in total. The highest BCUT2D eigenvalue weighted by atomic mass is 16.1. The molecule has 2 N–H and O–H groups in total. The molecule has 0 aliphatic heterocycles. The number of aryl methyl sites for hydroxylation is 1. The van der Waals surface area contributed by atoms with Crippen molar-refractivity contribution in [3.63, 3.8) is 0 Å². The molecule has 23 heavy (non-hydrogen) atoms. The van der Waals surface area contributed by atoms with Crippen LogP contribution in [-0.4, -0.2) is 48.0 Å². The first-order valence-corrected chi connectivity index (χ1v) is 7.63. The van der Waals surface area contributed by atoms with Gasteiger partial charge in [0.15, 0.2) is 0 Å². The summed E-state index contributed by atoms with van der Waals surface area (Å²) in [6, 6.07) is 7.62. The summed E-state index contributed by atoms with van der Waals surface area (Å²) in [5.41, 5.74) is 2.19. The van der Waals surface area contributed by atoms with E-state index in [0.29, 0.717) is 11.5 Å². The zero-order chi connectivity index (χ0) is 16.7. The van der Waals surface area contributed by atoms with Crippen LogP contribution in [0.15, 0.2) is 36.7 Å². The van der Waals surface area contributed by atoms with Gasteiger partial charge in [-0.3, -0.25) is 4.79 Å². The highest BCUT2D eigenvalue weighted by Gasteiger charge is 2.08. The van der Waals surface area contributed by atoms with Crippen LogP contribution in [-0.2, 0) is 0 Å². The molecule has 0 aliphatic carbocycles. The number of anilines is 2. The van der Waals surface area contributed by atoms with Crippen molar-refractivity contribution in [1.82, 2.24) is 14.9 Å². The molecule has 1 aromatic heterocycles. The lowest BCUT2D eigenvalue weighted by molar-refractivity contribution is 0.102. The molecule has 2 aromatic rings. The van der Waals surface area contributed by atoms with Gasteiger partial charge in [-0.05, 0) is 46.1 Å². The summed E-state index contributed by atoms with van der Waals surface area (Å²) in [6.45, 7) is 3.83. The van der Waals surface area contributed by atoms with Crippen LogP contribution in [0.2, 0.25) is 0 Å². The van der Waals surface area contributed by atoms with E-state index in [1.807, 2.05) is 45.3 Å². The van der Waals surface area contributed by atoms with Crippen LogP contribution in [0.25, 0.3) is 0 Å². The molecule has 0 unspecified atom stereocenters. The van der Waals surface area contributed by atoms with Crippen molar-refractivity contribution in [2.45, 2.75) is 13.3 Å². The van der Waals surface area contributed by atoms with Crippen LogP contribution >= 0.6 is 0 Å². The molecule has 0 saturated carbocycles. The molecule has 0 atom stereocenters. The summed E-state index contributed by atoms with van der Waals surface area (Å²) in [7, 11) is 4.09. The van der Waals surface area contributed by atoms with Gasteiger partial charge >= 0.3 is 0 Å². The number of nitrogens with zero attached hydrogens (tertiary/aromatic N) is 3. The predicted octanol–water partition coefficient (Wildman–Crippen LogP) is 2.40. The number of amides is 1. The van der Waals surface area contributed by atoms with Crippen LogP contribution in [0.3, 0.4) is 0 Å². The van der Waals surface area contributed by atoms with E-state index >= 15 is 0 Å². The monoisotopic (exact) mass is 313 g/mol. The van der Waals surface area contributed by atoms with Gasteiger partial charge in [0, 0.05) is 12.2 Å². The number of carbonyl (C=O) groups excluding carboxylic acids is 1. The van der Waals surface area contributed by atoms with Gasteiger partial charge in [0.05, 0.1) is 12.4 Å². The molecule has 6 heteroatoms. The van der Waals surface area contributed by atoms with Crippen molar-refractivity contribution < 1.29 is 4.79 Å². The van der Waals surface area contributed by atoms with Crippen molar-refractivity contribution in [3.05, 3.63) is 47.9 Å². The van der Waals surface area contributed by atoms with E-state index in [0.717, 1.165) is 30.8 Å². The van der Waals surface area contributed by atoms with Gasteiger partial charge in [-0.25, -0.2) is 9.97 Å². The van der Waals surface area contributed by atoms with Gasteiger partial charge in [-0.2, -0.15) is 0 Å². The second-order valence-corrected chi connectivity index (χ2v) is 5.69. The molecule has 0 radical (unpaired) electrons. The summed E-state index contributed by atoms with van der Waals surface area (Å²) >= 11 is 0. The topological polar surface area (TPSA) is 70.2 Å². The summed E-state index contributed by atoms with van der Waals surface area (Å²) in [6.07, 6.45) is 4.09. The molecular formula is C17H23N5O. The van der Waals surface area contributed by atoms with Crippen LogP contribution in [0, 0.1) is 6.92 Å². The summed E-state index contributed by atoms with van der Waals surface area (Å²) < 4.78 is 0. The highest BCUT2D eigenvalue weighted by Crippen LogP contribution is 2.10. The minimum atomic E-state index is -0.263. The average molecular weight is 313 g/mol. The van der Waals surface area contributed by atoms with E-state index < -0.39 is 0 Å². The number of nitrogens with one attached hydrogen (secondary N) is 2. The number of hydrogen-bond donors (Lipinski definition) is 2. The maximum Gasteiger partial charge on any atom is 0.275 e. The summed E-state index contributed by atoms with van der Waals surface area (Å²) in [5, 5.41) is 5.99. The highest BCUT2D eigenvalue weighted by molar-refractivity contribution is 6.02. The lowest BCUT2D eigenvalue weighted by Gasteiger charge is -2.10. The first-order valence-electron chi connectivity index (χ1n) is 7.63. The molecule has 1 amide bonds. The summed E-state index contributed by atoms with van der Waals surface area (Å²) in [4.78, 5) is 22.6. The van der Waals surface area contributed by atoms with Crippen LogP contribution in [0.5, 0.6) is 0 Å². The Morgan fingerprint density at radius 2 is 1.87 bits per heavy atom. The SMILES string of the molecule is Cc1ccc(NC(=O)c2cnc(NCCCN(C)C)cn2)cc1. The van der Waals surface area contributed by atoms with E-state index in [9.17, 15) is 4.79 Å². The Kier molecular flexibility index (Phi) is 6.05. The molecule has 1 heterocycles. The lowest BCUT2D eigenvalue weighted by atomic mass is 10.2. The summed E-state index contributed by atoms with van der Waals surface area (Å²) in [5.74, 6) is 0.413. The van der Waals surface area contributed by atoms with Gasteiger partial charge in [-0.1, -0.05) is 17.7 Å². The number of aromatic nitrogens is 2. The maximum atomic E-state index is 12.1. The molecular weight excluding hydrogens is 290 g/mol. The zero-order valence-corrected chi connectivity index (χ0v) is 13.8. The fourth-order valence-corrected chi connectivity index (χ4v) is 1.98. The Hall–Kier alpha value is -2.47. The first-order chi connectivity index (χ1) is 11.0. The zero-order valence-electron chi connectivity index (χ0n) is 13.8. The van der Waals surface area contributed by atoms with Gasteiger partial charge in [0.25, 0.3) is 5.91 Å². The van der Waals surface area contributed by atoms with Crippen molar-refractivity contribution in [1.29, 1.82) is 0 Å². The molecule has 2 rings (SSSR count). The second-order valence-electron chi connectivity index (χ2n) is 5.69. The van der Waals surface area contributed by atoms with E-state index in [1.165, 1.54) is 6.20 Å². The normalized spacial score (nSPS) is 10.6. The number of benzene rings is 1. The third kappa shape index (κ3) is 5.67. The largest absolute Gasteiger partial charge is 0.369 e. The molecule has 0 saturated heterocycles. The first kappa shape index (κ1) is 16.9. The van der Waals surface area contributed by atoms with Crippen molar-refractivity contribution in [3.8, 4) is 0 Å². The molecule has 0 spiro atoms. The van der Waals surface area contributed by atoms with E-state index in [4.69, 9.17) is 0 Å². The molecule has 0 aliphatic rings. The lowest BCUT2D eigenvalue weighted by Crippen LogP contribution is -2.17. The van der Waals surface area contributed by atoms with Crippen LogP contribution < -0.4 is 10.6 Å². The van der Waals surface area contributed by atoms with Crippen molar-refractivity contribution in [2.75, 3.05) is 37.8 Å². The minimum Gasteiger partial charge on any atom is -0.369 e. The third-order valence-corrected chi connectivity index (χ3v) is 3.28. The van der Waals surface area contributed by atoms with Crippen molar-refractivity contribution in [2.24, 2.45) is 0 Å². The molecule has 0 bridgehead atoms. The van der Waals surface area contributed by atoms with Crippen LogP contribution in [0.1, 0.15) is 22.5 Å². The van der Waals surface area contributed by atoms with Crippen molar-refractivity contribution >= 4 is 17.4 Å². The van der Waals surface area contributed by atoms with Gasteiger partial charge in [-0.15, -0.1) is 0 Å². The molecule has 0 fully saturated rings. The van der Waals surface area contributed by atoms with E-state index in [2.05, 4.69) is 25.5 Å². The quantitative estimate of drug-likeness (QED) is 0.768. The number of hydrogen-bond acceptors (Lipinski definition) is 5. The standard InChI is InChI=1S/C17H23N5O/c1-13-5-7-14(8-6-13)21-17(23)15-11-20-16(12-19-15)18-9-4-10-22(2)3/h5-8,11-12H,4,9-10H2,1-3H3,(H,18,20)(H,21,23). The molecule has 122 valence electrons. The Labute approximate surface area is 137 Å². The minimum absolute atomic E-state index is 0.263. The van der Waals surface area contributed by atoms with Gasteiger partial charge < -0.3 is 15.5 Å². The number of carbonyl (C=O) groups is 1. The predicted molar refractivity (Wildman–Crippen MR) is 92.8 cm³/mol. The Bertz CT molecular complexity index is 622.